The maximum absolute atomic E-state index is 6.57. The van der Waals surface area contributed by atoms with Crippen molar-refractivity contribution in [3.05, 3.63) is 81.8 Å². The molecule has 0 radical (unpaired) electrons. The third-order valence-electron chi connectivity index (χ3n) is 6.95. The number of aliphatic imine (C=N–C) groups is 2. The third kappa shape index (κ3) is 4.86. The van der Waals surface area contributed by atoms with Gasteiger partial charge in [0.25, 0.3) is 0 Å². The first kappa shape index (κ1) is 25.0. The zero-order chi connectivity index (χ0) is 25.9. The van der Waals surface area contributed by atoms with E-state index in [1.165, 1.54) is 11.1 Å². The standard InChI is InChI=1S/C30H33ClN6/c1-5-21-9-7-8-19(3)29(21)37-30(24-10-11-26(31)28-23(24)12-15-33-28)25-17-34-22(6-2)16-20(4)35-18-32-14-13-27(25)36-37/h7-12,15-16,18,33H,5-6,13-14,17H2,1-4H3,(H,32,35)/b20-16-,34-22-. The highest BCUT2D eigenvalue weighted by Gasteiger charge is 2.24. The predicted octanol–water partition coefficient (Wildman–Crippen LogP) is 6.97. The lowest BCUT2D eigenvalue weighted by atomic mass is 9.99. The number of para-hydroxylation sites is 1. The Morgan fingerprint density at radius 1 is 1.05 bits per heavy atom. The Hall–Kier alpha value is -3.64. The summed E-state index contributed by atoms with van der Waals surface area (Å²) in [6, 6.07) is 12.7. The molecule has 4 aromatic rings. The van der Waals surface area contributed by atoms with Crippen LogP contribution in [0, 0.1) is 6.92 Å². The van der Waals surface area contributed by atoms with E-state index in [4.69, 9.17) is 21.7 Å². The average Bonchev–Trinajstić information content (AvgIpc) is 3.52. The fraction of sp³-hybridized carbons (Fsp3) is 0.300. The molecule has 5 rings (SSSR count). The van der Waals surface area contributed by atoms with Gasteiger partial charge in [-0.2, -0.15) is 5.10 Å². The van der Waals surface area contributed by atoms with E-state index in [-0.39, 0.29) is 0 Å². The van der Waals surface area contributed by atoms with E-state index in [0.29, 0.717) is 11.6 Å². The molecule has 0 fully saturated rings. The summed E-state index contributed by atoms with van der Waals surface area (Å²) >= 11 is 6.57. The first-order valence-electron chi connectivity index (χ1n) is 12.9. The van der Waals surface area contributed by atoms with Gasteiger partial charge in [0, 0.05) is 47.1 Å². The fourth-order valence-electron chi connectivity index (χ4n) is 5.06. The largest absolute Gasteiger partial charge is 0.376 e. The van der Waals surface area contributed by atoms with E-state index in [1.807, 2.05) is 19.2 Å². The first-order valence-corrected chi connectivity index (χ1v) is 13.3. The number of benzene rings is 2. The Balaban J connectivity index is 1.83. The number of H-pyrrole nitrogens is 1. The van der Waals surface area contributed by atoms with Crippen LogP contribution in [0.1, 0.15) is 49.6 Å². The molecule has 0 amide bonds. The summed E-state index contributed by atoms with van der Waals surface area (Å²) < 4.78 is 2.16. The summed E-state index contributed by atoms with van der Waals surface area (Å²) in [5.41, 5.74) is 10.8. The topological polar surface area (TPSA) is 70.4 Å². The lowest BCUT2D eigenvalue weighted by Gasteiger charge is -2.16. The van der Waals surface area contributed by atoms with Crippen molar-refractivity contribution in [2.24, 2.45) is 9.98 Å². The van der Waals surface area contributed by atoms with E-state index >= 15 is 0 Å². The minimum absolute atomic E-state index is 0.545. The van der Waals surface area contributed by atoms with E-state index < -0.39 is 0 Å². The van der Waals surface area contributed by atoms with Gasteiger partial charge in [-0.3, -0.25) is 4.99 Å². The summed E-state index contributed by atoms with van der Waals surface area (Å²) in [4.78, 5) is 12.9. The lowest BCUT2D eigenvalue weighted by Crippen LogP contribution is -2.16. The van der Waals surface area contributed by atoms with Crippen LogP contribution < -0.4 is 5.32 Å². The van der Waals surface area contributed by atoms with Crippen LogP contribution in [-0.4, -0.2) is 33.4 Å². The number of aromatic amines is 1. The molecular weight excluding hydrogens is 480 g/mol. The van der Waals surface area contributed by atoms with E-state index in [0.717, 1.165) is 76.3 Å². The van der Waals surface area contributed by atoms with Gasteiger partial charge in [0.15, 0.2) is 0 Å². The SMILES string of the molecule is CCC1=N/Cc2c(nn(-c3c(C)cccc3CC)c2-c2ccc(Cl)c3[nH]ccc23)CCN/C=N/C(C)=C\1. The number of nitrogens with zero attached hydrogens (tertiary/aromatic N) is 4. The minimum atomic E-state index is 0.545. The Kier molecular flexibility index (Phi) is 7.28. The molecule has 190 valence electrons. The maximum atomic E-state index is 6.57. The monoisotopic (exact) mass is 512 g/mol. The Morgan fingerprint density at radius 2 is 1.92 bits per heavy atom. The summed E-state index contributed by atoms with van der Waals surface area (Å²) in [6.45, 7) is 9.77. The number of hydrogen-bond acceptors (Lipinski definition) is 4. The van der Waals surface area contributed by atoms with E-state index in [9.17, 15) is 0 Å². The van der Waals surface area contributed by atoms with Crippen molar-refractivity contribution in [2.45, 2.75) is 53.5 Å². The Labute approximate surface area is 223 Å². The molecule has 2 aromatic carbocycles. The fourth-order valence-corrected chi connectivity index (χ4v) is 5.28. The first-order chi connectivity index (χ1) is 18.0. The van der Waals surface area contributed by atoms with Crippen LogP contribution in [-0.2, 0) is 19.4 Å². The highest BCUT2D eigenvalue weighted by Crippen LogP contribution is 2.38. The maximum Gasteiger partial charge on any atom is 0.0882 e. The van der Waals surface area contributed by atoms with Gasteiger partial charge < -0.3 is 10.3 Å². The highest BCUT2D eigenvalue weighted by molar-refractivity contribution is 6.35. The quantitative estimate of drug-likeness (QED) is 0.310. The Morgan fingerprint density at radius 3 is 2.73 bits per heavy atom. The van der Waals surface area contributed by atoms with Crippen molar-refractivity contribution < 1.29 is 0 Å². The molecule has 0 unspecified atom stereocenters. The zero-order valence-electron chi connectivity index (χ0n) is 21.9. The number of nitrogens with one attached hydrogen (secondary N) is 2. The predicted molar refractivity (Wildman–Crippen MR) is 155 cm³/mol. The zero-order valence-corrected chi connectivity index (χ0v) is 22.7. The van der Waals surface area contributed by atoms with Gasteiger partial charge in [0.05, 0.1) is 40.5 Å². The minimum Gasteiger partial charge on any atom is -0.376 e. The van der Waals surface area contributed by atoms with Gasteiger partial charge in [0.1, 0.15) is 0 Å². The molecule has 0 bridgehead atoms. The van der Waals surface area contributed by atoms with Crippen molar-refractivity contribution in [3.63, 3.8) is 0 Å². The van der Waals surface area contributed by atoms with Crippen LogP contribution in [0.25, 0.3) is 27.8 Å². The van der Waals surface area contributed by atoms with Crippen LogP contribution in [0.5, 0.6) is 0 Å². The number of allylic oxidation sites excluding steroid dienone is 2. The molecule has 0 aliphatic carbocycles. The van der Waals surface area contributed by atoms with Gasteiger partial charge in [-0.15, -0.1) is 0 Å². The molecule has 2 aromatic heterocycles. The smallest absolute Gasteiger partial charge is 0.0882 e. The second-order valence-corrected chi connectivity index (χ2v) is 9.80. The molecular formula is C30H33ClN6. The number of rotatable bonds is 4. The highest BCUT2D eigenvalue weighted by atomic mass is 35.5. The van der Waals surface area contributed by atoms with E-state index in [1.54, 1.807) is 6.34 Å². The number of fused-ring (bicyclic) bond motifs is 2. The average molecular weight is 513 g/mol. The number of aryl methyl sites for hydroxylation is 2. The van der Waals surface area contributed by atoms with Crippen molar-refractivity contribution >= 4 is 34.6 Å². The molecule has 2 N–H and O–H groups in total. The van der Waals surface area contributed by atoms with Crippen molar-refractivity contribution in [2.75, 3.05) is 6.54 Å². The van der Waals surface area contributed by atoms with Crippen LogP contribution in [0.3, 0.4) is 0 Å². The van der Waals surface area contributed by atoms with Crippen LogP contribution >= 0.6 is 11.6 Å². The summed E-state index contributed by atoms with van der Waals surface area (Å²) in [5, 5.41) is 10.4. The van der Waals surface area contributed by atoms with Gasteiger partial charge in [0.2, 0.25) is 0 Å². The molecule has 1 aliphatic rings. The van der Waals surface area contributed by atoms with Crippen LogP contribution in [0.15, 0.2) is 64.4 Å². The summed E-state index contributed by atoms with van der Waals surface area (Å²) in [6.07, 6.45) is 8.30. The molecule has 3 heterocycles. The van der Waals surface area contributed by atoms with Gasteiger partial charge in [-0.25, -0.2) is 9.67 Å². The van der Waals surface area contributed by atoms with Crippen molar-refractivity contribution in [1.29, 1.82) is 0 Å². The molecule has 0 atom stereocenters. The number of halogens is 1. The molecule has 7 heteroatoms. The molecule has 37 heavy (non-hydrogen) atoms. The van der Waals surface area contributed by atoms with Crippen LogP contribution in [0.4, 0.5) is 0 Å². The molecule has 0 spiro atoms. The second kappa shape index (κ2) is 10.8. The summed E-state index contributed by atoms with van der Waals surface area (Å²) in [7, 11) is 0. The van der Waals surface area contributed by atoms with E-state index in [2.05, 4.69) is 77.2 Å². The van der Waals surface area contributed by atoms with Gasteiger partial charge in [-0.05, 0) is 56.0 Å². The second-order valence-electron chi connectivity index (χ2n) is 9.39. The van der Waals surface area contributed by atoms with Gasteiger partial charge >= 0.3 is 0 Å². The molecule has 6 nitrogen and oxygen atoms in total. The van der Waals surface area contributed by atoms with Crippen LogP contribution in [0.2, 0.25) is 5.02 Å². The molecule has 0 saturated carbocycles. The number of aromatic nitrogens is 3. The summed E-state index contributed by atoms with van der Waals surface area (Å²) in [5.74, 6) is 0. The normalized spacial score (nSPS) is 18.1. The Bertz CT molecular complexity index is 1540. The van der Waals surface area contributed by atoms with Crippen molar-refractivity contribution in [3.8, 4) is 16.9 Å². The molecule has 1 aliphatic heterocycles. The lowest BCUT2D eigenvalue weighted by molar-refractivity contribution is 0.788. The molecule has 0 saturated heterocycles. The third-order valence-corrected chi connectivity index (χ3v) is 7.27. The number of hydrogen-bond donors (Lipinski definition) is 2. The van der Waals surface area contributed by atoms with Crippen molar-refractivity contribution in [1.82, 2.24) is 20.1 Å². The van der Waals surface area contributed by atoms with Gasteiger partial charge in [-0.1, -0.05) is 49.7 Å².